The highest BCUT2D eigenvalue weighted by atomic mass is 32.2. The molecular weight excluding hydrogens is 292 g/mol. The summed E-state index contributed by atoms with van der Waals surface area (Å²) in [4.78, 5) is 10.9. The molecule has 1 fully saturated rings. The van der Waals surface area contributed by atoms with Crippen molar-refractivity contribution < 1.29 is 18.3 Å². The summed E-state index contributed by atoms with van der Waals surface area (Å²) >= 11 is 0. The lowest BCUT2D eigenvalue weighted by atomic mass is 9.90. The Labute approximate surface area is 124 Å². The van der Waals surface area contributed by atoms with Gasteiger partial charge in [-0.05, 0) is 37.0 Å². The van der Waals surface area contributed by atoms with Crippen LogP contribution in [-0.4, -0.2) is 26.0 Å². The quantitative estimate of drug-likeness (QED) is 0.718. The van der Waals surface area contributed by atoms with Crippen LogP contribution in [0.1, 0.15) is 42.5 Å². The van der Waals surface area contributed by atoms with Gasteiger partial charge in [-0.15, -0.1) is 0 Å². The third-order valence-corrected chi connectivity index (χ3v) is 5.28. The summed E-state index contributed by atoms with van der Waals surface area (Å²) in [5.74, 6) is -0.962. The molecule has 1 aliphatic rings. The minimum absolute atomic E-state index is 0.220. The van der Waals surface area contributed by atoms with Crippen LogP contribution in [-0.2, 0) is 10.0 Å². The van der Waals surface area contributed by atoms with Crippen LogP contribution in [0.3, 0.4) is 0 Å². The second-order valence-electron chi connectivity index (χ2n) is 5.42. The Kier molecular flexibility index (Phi) is 4.84. The minimum atomic E-state index is -3.87. The molecule has 1 aromatic carbocycles. The average molecular weight is 312 g/mol. The fourth-order valence-corrected chi connectivity index (χ4v) is 3.98. The Hall–Kier alpha value is -1.60. The van der Waals surface area contributed by atoms with Crippen LogP contribution in [0.4, 0.5) is 5.69 Å². The third kappa shape index (κ3) is 3.95. The van der Waals surface area contributed by atoms with Crippen molar-refractivity contribution in [1.82, 2.24) is 4.72 Å². The van der Waals surface area contributed by atoms with Crippen molar-refractivity contribution in [3.05, 3.63) is 23.8 Å². The van der Waals surface area contributed by atoms with Gasteiger partial charge in [0.05, 0.1) is 10.5 Å². The first-order chi connectivity index (χ1) is 9.90. The summed E-state index contributed by atoms with van der Waals surface area (Å²) in [5, 5.41) is 9.10. The molecule has 0 radical (unpaired) electrons. The number of carboxylic acid groups (broad SMARTS) is 1. The summed E-state index contributed by atoms with van der Waals surface area (Å²) in [6, 6.07) is 3.78. The maximum Gasteiger partial charge on any atom is 0.337 e. The third-order valence-electron chi connectivity index (χ3n) is 3.81. The fraction of sp³-hybridized carbons (Fsp3) is 0.500. The fourth-order valence-electron chi connectivity index (χ4n) is 2.63. The van der Waals surface area contributed by atoms with Crippen molar-refractivity contribution in [2.75, 3.05) is 12.3 Å². The maximum atomic E-state index is 12.3. The van der Waals surface area contributed by atoms with Gasteiger partial charge in [-0.3, -0.25) is 0 Å². The first kappa shape index (κ1) is 15.8. The van der Waals surface area contributed by atoms with Crippen molar-refractivity contribution >= 4 is 21.7 Å². The second-order valence-corrected chi connectivity index (χ2v) is 7.15. The highest BCUT2D eigenvalue weighted by molar-refractivity contribution is 7.89. The van der Waals surface area contributed by atoms with E-state index in [4.69, 9.17) is 10.8 Å². The molecule has 1 aromatic rings. The summed E-state index contributed by atoms with van der Waals surface area (Å²) in [6.07, 6.45) is 5.44. The van der Waals surface area contributed by atoms with E-state index in [-0.39, 0.29) is 16.1 Å². The number of carboxylic acids is 1. The van der Waals surface area contributed by atoms with E-state index in [0.717, 1.165) is 25.7 Å². The molecule has 0 atom stereocenters. The molecule has 0 saturated heterocycles. The molecule has 6 nitrogen and oxygen atoms in total. The molecule has 4 N–H and O–H groups in total. The predicted octanol–water partition coefficient (Wildman–Crippen LogP) is 1.83. The van der Waals surface area contributed by atoms with Crippen molar-refractivity contribution in [2.24, 2.45) is 5.92 Å². The van der Waals surface area contributed by atoms with Crippen LogP contribution in [0.2, 0.25) is 0 Å². The summed E-state index contributed by atoms with van der Waals surface area (Å²) in [7, 11) is -3.87. The Morgan fingerprint density at radius 2 is 1.95 bits per heavy atom. The maximum absolute atomic E-state index is 12.3. The number of benzene rings is 1. The zero-order valence-corrected chi connectivity index (χ0v) is 12.5. The number of sulfonamides is 1. The number of rotatable bonds is 5. The van der Waals surface area contributed by atoms with Gasteiger partial charge in [-0.2, -0.15) is 0 Å². The number of aromatic carboxylic acids is 1. The number of nitrogens with two attached hydrogens (primary N) is 1. The SMILES string of the molecule is Nc1ccc(C(=O)O)c(S(=O)(=O)NCC2CCCCC2)c1. The number of nitrogen functional groups attached to an aromatic ring is 1. The van der Waals surface area contributed by atoms with E-state index in [1.807, 2.05) is 0 Å². The Morgan fingerprint density at radius 1 is 1.29 bits per heavy atom. The van der Waals surface area contributed by atoms with Crippen LogP contribution in [0.5, 0.6) is 0 Å². The number of hydrogen-bond acceptors (Lipinski definition) is 4. The Balaban J connectivity index is 2.18. The first-order valence-corrected chi connectivity index (χ1v) is 8.51. The van der Waals surface area contributed by atoms with Crippen LogP contribution in [0, 0.1) is 5.92 Å². The van der Waals surface area contributed by atoms with E-state index in [0.29, 0.717) is 12.5 Å². The smallest absolute Gasteiger partial charge is 0.337 e. The zero-order valence-electron chi connectivity index (χ0n) is 11.7. The van der Waals surface area contributed by atoms with E-state index in [2.05, 4.69) is 4.72 Å². The van der Waals surface area contributed by atoms with E-state index in [1.165, 1.54) is 24.6 Å². The van der Waals surface area contributed by atoms with Crippen molar-refractivity contribution in [1.29, 1.82) is 0 Å². The van der Waals surface area contributed by atoms with Crippen LogP contribution < -0.4 is 10.5 Å². The average Bonchev–Trinajstić information content (AvgIpc) is 2.46. The molecule has 0 spiro atoms. The number of hydrogen-bond donors (Lipinski definition) is 3. The Bertz CT molecular complexity index is 622. The van der Waals surface area contributed by atoms with Gasteiger partial charge in [0.15, 0.2) is 0 Å². The minimum Gasteiger partial charge on any atom is -0.478 e. The molecule has 116 valence electrons. The van der Waals surface area contributed by atoms with Gasteiger partial charge in [-0.1, -0.05) is 19.3 Å². The highest BCUT2D eigenvalue weighted by Gasteiger charge is 2.24. The molecule has 1 aliphatic carbocycles. The highest BCUT2D eigenvalue weighted by Crippen LogP contribution is 2.24. The number of nitrogens with one attached hydrogen (secondary N) is 1. The van der Waals surface area contributed by atoms with E-state index in [1.54, 1.807) is 0 Å². The lowest BCUT2D eigenvalue weighted by Gasteiger charge is -2.22. The van der Waals surface area contributed by atoms with E-state index < -0.39 is 16.0 Å². The van der Waals surface area contributed by atoms with Crippen LogP contribution in [0.15, 0.2) is 23.1 Å². The van der Waals surface area contributed by atoms with Crippen LogP contribution >= 0.6 is 0 Å². The molecule has 0 unspecified atom stereocenters. The van der Waals surface area contributed by atoms with Gasteiger partial charge in [0.1, 0.15) is 0 Å². The molecule has 0 aliphatic heterocycles. The van der Waals surface area contributed by atoms with Crippen LogP contribution in [0.25, 0.3) is 0 Å². The van der Waals surface area contributed by atoms with Gasteiger partial charge < -0.3 is 10.8 Å². The van der Waals surface area contributed by atoms with Crippen molar-refractivity contribution in [3.8, 4) is 0 Å². The predicted molar refractivity (Wildman–Crippen MR) is 79.6 cm³/mol. The molecule has 0 heterocycles. The van der Waals surface area contributed by atoms with Gasteiger partial charge >= 0.3 is 5.97 Å². The first-order valence-electron chi connectivity index (χ1n) is 7.02. The second kappa shape index (κ2) is 6.44. The van der Waals surface area contributed by atoms with Gasteiger partial charge in [0, 0.05) is 12.2 Å². The standard InChI is InChI=1S/C14H20N2O4S/c15-11-6-7-12(14(17)18)13(8-11)21(19,20)16-9-10-4-2-1-3-5-10/h6-8,10,16H,1-5,9,15H2,(H,17,18). The molecule has 1 saturated carbocycles. The summed E-state index contributed by atoms with van der Waals surface area (Å²) < 4.78 is 27.2. The van der Waals surface area contributed by atoms with E-state index in [9.17, 15) is 13.2 Å². The molecular formula is C14H20N2O4S. The molecule has 0 bridgehead atoms. The molecule has 21 heavy (non-hydrogen) atoms. The Morgan fingerprint density at radius 3 is 2.57 bits per heavy atom. The molecule has 7 heteroatoms. The lowest BCUT2D eigenvalue weighted by Crippen LogP contribution is -2.31. The largest absolute Gasteiger partial charge is 0.478 e. The number of anilines is 1. The monoisotopic (exact) mass is 312 g/mol. The zero-order chi connectivity index (χ0) is 15.5. The van der Waals surface area contributed by atoms with Crippen molar-refractivity contribution in [2.45, 2.75) is 37.0 Å². The van der Waals surface area contributed by atoms with Gasteiger partial charge in [0.25, 0.3) is 0 Å². The molecule has 0 aromatic heterocycles. The summed E-state index contributed by atoms with van der Waals surface area (Å²) in [6.45, 7) is 0.343. The normalized spacial score (nSPS) is 16.8. The van der Waals surface area contributed by atoms with Gasteiger partial charge in [0.2, 0.25) is 10.0 Å². The molecule has 0 amide bonds. The number of carbonyl (C=O) groups is 1. The molecule has 2 rings (SSSR count). The topological polar surface area (TPSA) is 109 Å². The van der Waals surface area contributed by atoms with Crippen molar-refractivity contribution in [3.63, 3.8) is 0 Å². The van der Waals surface area contributed by atoms with Gasteiger partial charge in [-0.25, -0.2) is 17.9 Å². The lowest BCUT2D eigenvalue weighted by molar-refractivity contribution is 0.0692. The van der Waals surface area contributed by atoms with E-state index >= 15 is 0 Å². The summed E-state index contributed by atoms with van der Waals surface area (Å²) in [5.41, 5.74) is 5.53.